The van der Waals surface area contributed by atoms with Crippen LogP contribution in [0.25, 0.3) is 0 Å². The predicted octanol–water partition coefficient (Wildman–Crippen LogP) is 1.71. The number of benzene rings is 1. The van der Waals surface area contributed by atoms with Crippen molar-refractivity contribution in [3.63, 3.8) is 0 Å². The SMILES string of the molecule is COc1ccc(CC[C@@]2(C)NC(=O)N(CC(=O)NC(=O)NC3CCCC3)C2=O)cc1. The summed E-state index contributed by atoms with van der Waals surface area (Å²) in [5.41, 5.74) is -0.109. The molecule has 2 aliphatic rings. The summed E-state index contributed by atoms with van der Waals surface area (Å²) in [6, 6.07) is 6.30. The fraction of sp³-hybridized carbons (Fsp3) is 0.524. The summed E-state index contributed by atoms with van der Waals surface area (Å²) in [7, 11) is 1.59. The van der Waals surface area contributed by atoms with Crippen LogP contribution in [0.1, 0.15) is 44.6 Å². The molecule has 6 amide bonds. The lowest BCUT2D eigenvalue weighted by Crippen LogP contribution is -2.49. The zero-order valence-electron chi connectivity index (χ0n) is 17.3. The summed E-state index contributed by atoms with van der Waals surface area (Å²) in [5.74, 6) is -0.440. The molecule has 2 fully saturated rings. The van der Waals surface area contributed by atoms with E-state index in [1.165, 1.54) is 0 Å². The van der Waals surface area contributed by atoms with Crippen molar-refractivity contribution in [3.8, 4) is 5.75 Å². The van der Waals surface area contributed by atoms with Crippen LogP contribution in [0.2, 0.25) is 0 Å². The lowest BCUT2D eigenvalue weighted by atomic mass is 9.93. The van der Waals surface area contributed by atoms with Crippen molar-refractivity contribution < 1.29 is 23.9 Å². The fourth-order valence-electron chi connectivity index (χ4n) is 3.85. The van der Waals surface area contributed by atoms with Gasteiger partial charge in [0.05, 0.1) is 7.11 Å². The fourth-order valence-corrected chi connectivity index (χ4v) is 3.85. The maximum absolute atomic E-state index is 12.8. The molecule has 0 radical (unpaired) electrons. The number of carbonyl (C=O) groups is 4. The minimum absolute atomic E-state index is 0.0655. The molecule has 0 spiro atoms. The van der Waals surface area contributed by atoms with E-state index in [0.29, 0.717) is 12.8 Å². The monoisotopic (exact) mass is 416 g/mol. The Labute approximate surface area is 175 Å². The van der Waals surface area contributed by atoms with Crippen LogP contribution in [0.15, 0.2) is 24.3 Å². The van der Waals surface area contributed by atoms with Gasteiger partial charge in [-0.25, -0.2) is 9.59 Å². The number of imide groups is 2. The van der Waals surface area contributed by atoms with E-state index in [2.05, 4.69) is 16.0 Å². The Morgan fingerprint density at radius 1 is 1.20 bits per heavy atom. The number of aryl methyl sites for hydroxylation is 1. The van der Waals surface area contributed by atoms with Gasteiger partial charge in [-0.05, 0) is 50.3 Å². The second-order valence-corrected chi connectivity index (χ2v) is 8.00. The third-order valence-electron chi connectivity index (χ3n) is 5.66. The molecule has 3 N–H and O–H groups in total. The van der Waals surface area contributed by atoms with E-state index in [4.69, 9.17) is 4.74 Å². The molecule has 0 unspecified atom stereocenters. The Bertz CT molecular complexity index is 819. The van der Waals surface area contributed by atoms with Gasteiger partial charge in [-0.1, -0.05) is 25.0 Å². The maximum Gasteiger partial charge on any atom is 0.325 e. The Balaban J connectivity index is 1.52. The Hall–Kier alpha value is -3.10. The van der Waals surface area contributed by atoms with Crippen LogP contribution in [-0.2, 0) is 16.0 Å². The molecule has 0 aromatic heterocycles. The topological polar surface area (TPSA) is 117 Å². The van der Waals surface area contributed by atoms with Crippen molar-refractivity contribution >= 4 is 23.9 Å². The Morgan fingerprint density at radius 2 is 1.87 bits per heavy atom. The van der Waals surface area contributed by atoms with E-state index < -0.39 is 36.0 Å². The van der Waals surface area contributed by atoms with Crippen LogP contribution in [0.5, 0.6) is 5.75 Å². The molecule has 1 aliphatic heterocycles. The highest BCUT2D eigenvalue weighted by atomic mass is 16.5. The van der Waals surface area contributed by atoms with E-state index in [0.717, 1.165) is 41.9 Å². The Morgan fingerprint density at radius 3 is 2.50 bits per heavy atom. The second-order valence-electron chi connectivity index (χ2n) is 8.00. The lowest BCUT2D eigenvalue weighted by Gasteiger charge is -2.21. The number of ether oxygens (including phenoxy) is 1. The van der Waals surface area contributed by atoms with Crippen molar-refractivity contribution in [1.29, 1.82) is 0 Å². The number of methoxy groups -OCH3 is 1. The minimum atomic E-state index is -1.11. The molecule has 1 atom stereocenters. The van der Waals surface area contributed by atoms with Crippen LogP contribution < -0.4 is 20.7 Å². The molecule has 1 saturated carbocycles. The minimum Gasteiger partial charge on any atom is -0.497 e. The number of amides is 6. The average Bonchev–Trinajstić information content (AvgIpc) is 3.29. The molecule has 9 nitrogen and oxygen atoms in total. The lowest BCUT2D eigenvalue weighted by molar-refractivity contribution is -0.134. The first kappa shape index (κ1) is 21.6. The zero-order valence-corrected chi connectivity index (χ0v) is 17.3. The highest BCUT2D eigenvalue weighted by molar-refractivity contribution is 6.09. The van der Waals surface area contributed by atoms with Gasteiger partial charge in [0.1, 0.15) is 17.8 Å². The first-order valence-electron chi connectivity index (χ1n) is 10.2. The number of nitrogens with one attached hydrogen (secondary N) is 3. The van der Waals surface area contributed by atoms with Crippen molar-refractivity contribution in [2.24, 2.45) is 0 Å². The number of rotatable bonds is 7. The summed E-state index contributed by atoms with van der Waals surface area (Å²) in [6.45, 7) is 1.14. The molecule has 1 aromatic rings. The van der Waals surface area contributed by atoms with Gasteiger partial charge in [-0.15, -0.1) is 0 Å². The van der Waals surface area contributed by atoms with E-state index >= 15 is 0 Å². The zero-order chi connectivity index (χ0) is 21.7. The van der Waals surface area contributed by atoms with Crippen LogP contribution in [0, 0.1) is 0 Å². The summed E-state index contributed by atoms with van der Waals surface area (Å²) >= 11 is 0. The number of carbonyl (C=O) groups excluding carboxylic acids is 4. The standard InChI is InChI=1S/C21H28N4O5/c1-21(12-11-14-7-9-16(30-2)10-8-14)18(27)25(20(29)24-21)13-17(26)23-19(28)22-15-5-3-4-6-15/h7-10,15H,3-6,11-13H2,1-2H3,(H,24,29)(H2,22,23,26,28)/t21-/m1/s1. The summed E-state index contributed by atoms with van der Waals surface area (Å²) in [4.78, 5) is 50.0. The highest BCUT2D eigenvalue weighted by Crippen LogP contribution is 2.24. The third kappa shape index (κ3) is 5.08. The molecule has 0 bridgehead atoms. The van der Waals surface area contributed by atoms with E-state index in [1.807, 2.05) is 24.3 Å². The van der Waals surface area contributed by atoms with Gasteiger partial charge in [0.25, 0.3) is 5.91 Å². The van der Waals surface area contributed by atoms with Crippen LogP contribution >= 0.6 is 0 Å². The van der Waals surface area contributed by atoms with Gasteiger partial charge in [0.15, 0.2) is 0 Å². The van der Waals surface area contributed by atoms with Gasteiger partial charge in [-0.2, -0.15) is 0 Å². The molecule has 1 heterocycles. The van der Waals surface area contributed by atoms with Crippen molar-refractivity contribution in [2.75, 3.05) is 13.7 Å². The predicted molar refractivity (Wildman–Crippen MR) is 109 cm³/mol. The molecule has 1 aromatic carbocycles. The molecule has 9 heteroatoms. The van der Waals surface area contributed by atoms with Gasteiger partial charge in [0.2, 0.25) is 5.91 Å². The largest absolute Gasteiger partial charge is 0.497 e. The van der Waals surface area contributed by atoms with Crippen molar-refractivity contribution in [3.05, 3.63) is 29.8 Å². The smallest absolute Gasteiger partial charge is 0.325 e. The van der Waals surface area contributed by atoms with Gasteiger partial charge < -0.3 is 15.4 Å². The second kappa shape index (κ2) is 9.15. The van der Waals surface area contributed by atoms with Crippen molar-refractivity contribution in [1.82, 2.24) is 20.9 Å². The van der Waals surface area contributed by atoms with E-state index in [9.17, 15) is 19.2 Å². The highest BCUT2D eigenvalue weighted by Gasteiger charge is 2.47. The number of hydrogen-bond acceptors (Lipinski definition) is 5. The number of nitrogens with zero attached hydrogens (tertiary/aromatic N) is 1. The molecule has 1 aliphatic carbocycles. The molecule has 1 saturated heterocycles. The summed E-state index contributed by atoms with van der Waals surface area (Å²) in [5, 5.41) is 7.60. The summed E-state index contributed by atoms with van der Waals surface area (Å²) < 4.78 is 5.13. The third-order valence-corrected chi connectivity index (χ3v) is 5.66. The van der Waals surface area contributed by atoms with Gasteiger partial charge in [0, 0.05) is 6.04 Å². The maximum atomic E-state index is 12.8. The van der Waals surface area contributed by atoms with Crippen LogP contribution in [-0.4, -0.2) is 54.0 Å². The molecule has 30 heavy (non-hydrogen) atoms. The van der Waals surface area contributed by atoms with Crippen LogP contribution in [0.3, 0.4) is 0 Å². The average molecular weight is 416 g/mol. The van der Waals surface area contributed by atoms with Crippen molar-refractivity contribution in [2.45, 2.75) is 57.0 Å². The molecular weight excluding hydrogens is 388 g/mol. The van der Waals surface area contributed by atoms with Gasteiger partial charge in [-0.3, -0.25) is 19.8 Å². The quantitative estimate of drug-likeness (QED) is 0.585. The van der Waals surface area contributed by atoms with E-state index in [1.54, 1.807) is 14.0 Å². The molecular formula is C21H28N4O5. The first-order chi connectivity index (χ1) is 14.3. The molecule has 3 rings (SSSR count). The summed E-state index contributed by atoms with van der Waals surface area (Å²) in [6.07, 6.45) is 4.83. The number of urea groups is 2. The first-order valence-corrected chi connectivity index (χ1v) is 10.2. The Kier molecular flexibility index (Phi) is 6.59. The number of hydrogen-bond donors (Lipinski definition) is 3. The van der Waals surface area contributed by atoms with E-state index in [-0.39, 0.29) is 6.04 Å². The van der Waals surface area contributed by atoms with Gasteiger partial charge >= 0.3 is 12.1 Å². The normalized spacial score (nSPS) is 21.5. The molecule has 162 valence electrons. The van der Waals surface area contributed by atoms with Crippen LogP contribution in [0.4, 0.5) is 9.59 Å².